The Hall–Kier alpha value is -1.88. The number of hydrogen-bond acceptors (Lipinski definition) is 4. The van der Waals surface area contributed by atoms with Crippen LogP contribution in [0.4, 0.5) is 0 Å². The van der Waals surface area contributed by atoms with Crippen LogP contribution in [0.15, 0.2) is 24.5 Å². The Kier molecular flexibility index (Phi) is 3.12. The number of esters is 1. The minimum Gasteiger partial charge on any atom is -0.459 e. The molecule has 0 amide bonds. The van der Waals surface area contributed by atoms with E-state index in [0.717, 1.165) is 42.6 Å². The first-order chi connectivity index (χ1) is 11.9. The summed E-state index contributed by atoms with van der Waals surface area (Å²) in [4.78, 5) is 17.4. The molecule has 4 aliphatic carbocycles. The molecule has 6 rings (SSSR count). The van der Waals surface area contributed by atoms with Crippen LogP contribution in [0.5, 0.6) is 0 Å². The molecule has 0 aliphatic heterocycles. The lowest BCUT2D eigenvalue weighted by atomic mass is 9.48. The number of pyridine rings is 1. The van der Waals surface area contributed by atoms with Gasteiger partial charge in [0.05, 0.1) is 16.7 Å². The molecular weight excluding hydrogens is 316 g/mol. The van der Waals surface area contributed by atoms with Crippen LogP contribution in [-0.2, 0) is 16.1 Å². The maximum absolute atomic E-state index is 12.9. The second kappa shape index (κ2) is 5.07. The first-order valence-corrected chi connectivity index (χ1v) is 9.27. The zero-order valence-corrected chi connectivity index (χ0v) is 14.6. The molecule has 4 bridgehead atoms. The van der Waals surface area contributed by atoms with E-state index in [1.807, 2.05) is 35.9 Å². The Balaban J connectivity index is 1.33. The Labute approximate surface area is 147 Å². The summed E-state index contributed by atoms with van der Waals surface area (Å²) in [5, 5.41) is 10.8. The fraction of sp³-hybridized carbons (Fsp3) is 0.600. The van der Waals surface area contributed by atoms with E-state index in [1.54, 1.807) is 0 Å². The third-order valence-corrected chi connectivity index (χ3v) is 6.46. The van der Waals surface area contributed by atoms with Gasteiger partial charge in [-0.1, -0.05) is 6.07 Å². The number of carbonyl (C=O) groups excluding carboxylic acids is 1. The molecule has 1 N–H and O–H groups in total. The van der Waals surface area contributed by atoms with Gasteiger partial charge < -0.3 is 14.2 Å². The summed E-state index contributed by atoms with van der Waals surface area (Å²) < 4.78 is 7.66. The molecule has 4 fully saturated rings. The van der Waals surface area contributed by atoms with E-state index in [9.17, 15) is 9.90 Å². The Bertz CT molecular complexity index is 842. The quantitative estimate of drug-likeness (QED) is 0.873. The largest absolute Gasteiger partial charge is 0.459 e. The van der Waals surface area contributed by atoms with E-state index < -0.39 is 11.0 Å². The molecule has 2 aromatic heterocycles. The fourth-order valence-corrected chi connectivity index (χ4v) is 5.97. The van der Waals surface area contributed by atoms with Gasteiger partial charge in [-0.15, -0.1) is 0 Å². The van der Waals surface area contributed by atoms with E-state index in [2.05, 4.69) is 4.98 Å². The summed E-state index contributed by atoms with van der Waals surface area (Å²) in [6, 6.07) is 3.99. The maximum atomic E-state index is 12.9. The number of ether oxygens (including phenoxy) is 1. The summed E-state index contributed by atoms with van der Waals surface area (Å²) in [6.45, 7) is 2.24. The van der Waals surface area contributed by atoms with Gasteiger partial charge in [-0.25, -0.2) is 4.98 Å². The number of aromatic nitrogens is 2. The molecule has 2 aromatic rings. The first-order valence-electron chi connectivity index (χ1n) is 9.27. The highest BCUT2D eigenvalue weighted by molar-refractivity contribution is 5.77. The smallest absolute Gasteiger partial charge is 0.312 e. The number of nitrogens with zero attached hydrogens (tertiary/aromatic N) is 2. The van der Waals surface area contributed by atoms with Crippen LogP contribution >= 0.6 is 0 Å². The number of rotatable bonds is 3. The van der Waals surface area contributed by atoms with Gasteiger partial charge in [0.2, 0.25) is 0 Å². The van der Waals surface area contributed by atoms with Gasteiger partial charge in [-0.3, -0.25) is 4.79 Å². The molecule has 2 unspecified atom stereocenters. The minimum absolute atomic E-state index is 0.131. The summed E-state index contributed by atoms with van der Waals surface area (Å²) >= 11 is 0. The van der Waals surface area contributed by atoms with Crippen molar-refractivity contribution >= 4 is 11.6 Å². The van der Waals surface area contributed by atoms with Crippen molar-refractivity contribution in [3.8, 4) is 0 Å². The van der Waals surface area contributed by atoms with Crippen LogP contribution in [-0.4, -0.2) is 26.1 Å². The van der Waals surface area contributed by atoms with Gasteiger partial charge in [0.1, 0.15) is 12.3 Å². The number of carbonyl (C=O) groups is 1. The molecule has 2 heterocycles. The highest BCUT2D eigenvalue weighted by Gasteiger charge is 2.60. The third kappa shape index (κ3) is 2.48. The van der Waals surface area contributed by atoms with Crippen molar-refractivity contribution in [3.05, 3.63) is 35.8 Å². The Morgan fingerprint density at radius 3 is 2.76 bits per heavy atom. The SMILES string of the molecule is Cc1ccc2nc(COC(=O)C34CC5CC(CC(O)(C5)C3)C4)cn2c1. The first kappa shape index (κ1) is 15.4. The number of hydrogen-bond donors (Lipinski definition) is 1. The van der Waals surface area contributed by atoms with Crippen molar-refractivity contribution in [2.75, 3.05) is 0 Å². The molecule has 25 heavy (non-hydrogen) atoms. The highest BCUT2D eigenvalue weighted by Crippen LogP contribution is 2.62. The van der Waals surface area contributed by atoms with Crippen LogP contribution in [0.25, 0.3) is 5.65 Å². The molecule has 2 atom stereocenters. The molecule has 0 radical (unpaired) electrons. The molecule has 0 spiro atoms. The van der Waals surface area contributed by atoms with Gasteiger partial charge in [0.25, 0.3) is 0 Å². The fourth-order valence-electron chi connectivity index (χ4n) is 5.97. The lowest BCUT2D eigenvalue weighted by Crippen LogP contribution is -2.58. The van der Waals surface area contributed by atoms with Crippen LogP contribution < -0.4 is 0 Å². The lowest BCUT2D eigenvalue weighted by Gasteiger charge is -2.58. The predicted octanol–water partition coefficient (Wildman–Crippen LogP) is 3.02. The van der Waals surface area contributed by atoms with E-state index in [4.69, 9.17) is 4.74 Å². The minimum atomic E-state index is -0.635. The van der Waals surface area contributed by atoms with Crippen LogP contribution in [0.2, 0.25) is 0 Å². The summed E-state index contributed by atoms with van der Waals surface area (Å²) in [7, 11) is 0. The number of fused-ring (bicyclic) bond motifs is 1. The molecule has 5 nitrogen and oxygen atoms in total. The third-order valence-electron chi connectivity index (χ3n) is 6.46. The standard InChI is InChI=1S/C20H24N2O3/c1-13-2-3-17-21-16(10-22(17)9-13)11-25-18(23)19-5-14-4-15(6-19)8-20(24,7-14)12-19/h2-3,9-10,14-15,24H,4-8,11-12H2,1H3. The van der Waals surface area contributed by atoms with E-state index in [0.29, 0.717) is 18.3 Å². The second-order valence-corrected chi connectivity index (χ2v) is 8.75. The van der Waals surface area contributed by atoms with Crippen LogP contribution in [0.1, 0.15) is 49.8 Å². The monoisotopic (exact) mass is 340 g/mol. The van der Waals surface area contributed by atoms with Crippen LogP contribution in [0.3, 0.4) is 0 Å². The topological polar surface area (TPSA) is 63.8 Å². The Morgan fingerprint density at radius 2 is 2.04 bits per heavy atom. The van der Waals surface area contributed by atoms with E-state index >= 15 is 0 Å². The van der Waals surface area contributed by atoms with Crippen molar-refractivity contribution in [1.29, 1.82) is 0 Å². The van der Waals surface area contributed by atoms with Gasteiger partial charge in [0, 0.05) is 12.4 Å². The molecule has 0 saturated heterocycles. The zero-order valence-electron chi connectivity index (χ0n) is 14.6. The van der Waals surface area contributed by atoms with Crippen molar-refractivity contribution in [3.63, 3.8) is 0 Å². The number of aliphatic hydroxyl groups is 1. The van der Waals surface area contributed by atoms with Gasteiger partial charge in [-0.05, 0) is 68.9 Å². The molecule has 4 aliphatic rings. The molecular formula is C20H24N2O3. The number of aryl methyl sites for hydroxylation is 1. The van der Waals surface area contributed by atoms with Crippen molar-refractivity contribution in [1.82, 2.24) is 9.38 Å². The average molecular weight is 340 g/mol. The van der Waals surface area contributed by atoms with E-state index in [-0.39, 0.29) is 12.6 Å². The molecule has 132 valence electrons. The Morgan fingerprint density at radius 1 is 1.28 bits per heavy atom. The zero-order chi connectivity index (χ0) is 17.2. The average Bonchev–Trinajstić information content (AvgIpc) is 2.92. The van der Waals surface area contributed by atoms with Crippen molar-refractivity contribution in [2.45, 2.75) is 57.7 Å². The summed E-state index contributed by atoms with van der Waals surface area (Å²) in [5.41, 5.74) is 1.69. The maximum Gasteiger partial charge on any atom is 0.312 e. The van der Waals surface area contributed by atoms with E-state index in [1.165, 1.54) is 6.42 Å². The summed E-state index contributed by atoms with van der Waals surface area (Å²) in [6.07, 6.45) is 9.18. The predicted molar refractivity (Wildman–Crippen MR) is 91.8 cm³/mol. The number of imidazole rings is 1. The van der Waals surface area contributed by atoms with Gasteiger partial charge >= 0.3 is 5.97 Å². The normalized spacial score (nSPS) is 36.1. The van der Waals surface area contributed by atoms with Crippen molar-refractivity contribution in [2.24, 2.45) is 17.3 Å². The van der Waals surface area contributed by atoms with Gasteiger partial charge in [0.15, 0.2) is 0 Å². The summed E-state index contributed by atoms with van der Waals surface area (Å²) in [5.74, 6) is 0.835. The van der Waals surface area contributed by atoms with Crippen LogP contribution in [0, 0.1) is 24.2 Å². The molecule has 4 saturated carbocycles. The van der Waals surface area contributed by atoms with Gasteiger partial charge in [-0.2, -0.15) is 0 Å². The molecule has 5 heteroatoms. The highest BCUT2D eigenvalue weighted by atomic mass is 16.5. The lowest BCUT2D eigenvalue weighted by molar-refractivity contribution is -0.197. The second-order valence-electron chi connectivity index (χ2n) is 8.75. The molecule has 0 aromatic carbocycles. The van der Waals surface area contributed by atoms with Crippen molar-refractivity contribution < 1.29 is 14.6 Å².